The average Bonchev–Trinajstić information content (AvgIpc) is 4.15. The second-order valence-electron chi connectivity index (χ2n) is 17.6. The molecule has 9 rings (SSSR count). The van der Waals surface area contributed by atoms with Gasteiger partial charge in [-0.05, 0) is 84.3 Å². The number of alkyl carbamates (subject to hydrolysis) is 2. The molecule has 15 nitrogen and oxygen atoms in total. The van der Waals surface area contributed by atoms with Gasteiger partial charge in [0.2, 0.25) is 5.91 Å². The molecule has 4 amide bonds. The number of aromatic nitrogens is 4. The second kappa shape index (κ2) is 19.5. The average molecular weight is 915 g/mol. The van der Waals surface area contributed by atoms with E-state index >= 15 is 0 Å². The van der Waals surface area contributed by atoms with E-state index in [0.717, 1.165) is 87.6 Å². The number of amides is 4. The second-order valence-corrected chi connectivity index (χ2v) is 17.6. The summed E-state index contributed by atoms with van der Waals surface area (Å²) in [5.41, 5.74) is 8.71. The summed E-state index contributed by atoms with van der Waals surface area (Å²) >= 11 is 0. The van der Waals surface area contributed by atoms with E-state index in [1.165, 1.54) is 14.2 Å². The maximum atomic E-state index is 14.1. The topological polar surface area (TPSA) is 193 Å². The summed E-state index contributed by atoms with van der Waals surface area (Å²) in [5, 5.41) is 8.28. The highest BCUT2D eigenvalue weighted by molar-refractivity contribution is 5.88. The molecule has 348 valence electrons. The number of nitrogens with one attached hydrogen (secondary N) is 5. The number of nitrogens with zero attached hydrogens (tertiary/aromatic N) is 3. The van der Waals surface area contributed by atoms with Crippen molar-refractivity contribution < 1.29 is 33.4 Å². The van der Waals surface area contributed by atoms with Crippen molar-refractivity contribution in [2.24, 2.45) is 0 Å². The Kier molecular flexibility index (Phi) is 13.0. The first-order chi connectivity index (χ1) is 33.0. The maximum absolute atomic E-state index is 14.1. The Balaban J connectivity index is 0.844. The number of carbonyl (C=O) groups is 4. The van der Waals surface area contributed by atoms with Crippen molar-refractivity contribution in [3.05, 3.63) is 155 Å². The molecule has 2 aromatic heterocycles. The first-order valence-corrected chi connectivity index (χ1v) is 22.9. The van der Waals surface area contributed by atoms with E-state index < -0.39 is 24.3 Å². The monoisotopic (exact) mass is 914 g/mol. The molecular formula is C53H54N8O7. The van der Waals surface area contributed by atoms with Gasteiger partial charge in [-0.15, -0.1) is 0 Å². The number of H-pyrrole nitrogens is 2. The lowest BCUT2D eigenvalue weighted by Crippen LogP contribution is -2.42. The van der Waals surface area contributed by atoms with Gasteiger partial charge in [0, 0.05) is 41.6 Å². The first-order valence-electron chi connectivity index (χ1n) is 22.9. The number of imidazole rings is 2. The van der Waals surface area contributed by atoms with E-state index in [2.05, 4.69) is 76.2 Å². The van der Waals surface area contributed by atoms with Gasteiger partial charge in [-0.25, -0.2) is 19.6 Å². The van der Waals surface area contributed by atoms with Crippen LogP contribution in [-0.2, 0) is 30.9 Å². The number of fused-ring (bicyclic) bond motifs is 3. The van der Waals surface area contributed by atoms with Crippen LogP contribution in [0, 0.1) is 0 Å². The van der Waals surface area contributed by atoms with Gasteiger partial charge >= 0.3 is 12.2 Å². The highest BCUT2D eigenvalue weighted by atomic mass is 16.5. The van der Waals surface area contributed by atoms with E-state index in [4.69, 9.17) is 24.2 Å². The molecule has 0 bridgehead atoms. The number of carbonyl (C=O) groups excluding carboxylic acids is 4. The number of rotatable bonds is 14. The van der Waals surface area contributed by atoms with Crippen LogP contribution in [0.5, 0.6) is 11.5 Å². The lowest BCUT2D eigenvalue weighted by atomic mass is 9.75. The number of aromatic amines is 2. The molecule has 1 saturated heterocycles. The van der Waals surface area contributed by atoms with Crippen LogP contribution in [0.15, 0.2) is 121 Å². The predicted octanol–water partition coefficient (Wildman–Crippen LogP) is 9.35. The lowest BCUT2D eigenvalue weighted by molar-refractivity contribution is -0.134. The number of benzene rings is 5. The number of likely N-dealkylation sites (tertiary alicyclic amines) is 1. The Morgan fingerprint density at radius 3 is 2.18 bits per heavy atom. The Morgan fingerprint density at radius 2 is 1.44 bits per heavy atom. The van der Waals surface area contributed by atoms with Gasteiger partial charge in [-0.2, -0.15) is 0 Å². The third-order valence-corrected chi connectivity index (χ3v) is 13.0. The molecule has 0 saturated carbocycles. The van der Waals surface area contributed by atoms with E-state index in [1.54, 1.807) is 17.0 Å². The van der Waals surface area contributed by atoms with Crippen LogP contribution in [0.25, 0.3) is 33.4 Å². The summed E-state index contributed by atoms with van der Waals surface area (Å²) in [6.45, 7) is 5.40. The van der Waals surface area contributed by atoms with Crippen LogP contribution in [0.4, 0.5) is 9.59 Å². The Morgan fingerprint density at radius 1 is 0.765 bits per heavy atom. The number of unbranched alkanes of at least 4 members (excludes halogenated alkanes) is 1. The number of hydrogen-bond acceptors (Lipinski definition) is 9. The molecule has 0 aliphatic carbocycles. The van der Waals surface area contributed by atoms with Gasteiger partial charge in [0.05, 0.1) is 43.2 Å². The zero-order chi connectivity index (χ0) is 47.4. The molecule has 68 heavy (non-hydrogen) atoms. The van der Waals surface area contributed by atoms with E-state index in [1.807, 2.05) is 72.9 Å². The van der Waals surface area contributed by atoms with Crippen LogP contribution in [-0.4, -0.2) is 76.1 Å². The summed E-state index contributed by atoms with van der Waals surface area (Å²) in [5.74, 6) is 2.62. The molecule has 15 heteroatoms. The van der Waals surface area contributed by atoms with Crippen LogP contribution >= 0.6 is 0 Å². The van der Waals surface area contributed by atoms with Crippen molar-refractivity contribution in [3.8, 4) is 33.9 Å². The zero-order valence-corrected chi connectivity index (χ0v) is 38.4. The fraction of sp³-hybridized carbons (Fsp3) is 0.283. The molecule has 5 N–H and O–H groups in total. The highest BCUT2D eigenvalue weighted by Gasteiger charge is 2.38. The first kappa shape index (κ1) is 45.2. The fourth-order valence-corrected chi connectivity index (χ4v) is 9.30. The smallest absolute Gasteiger partial charge is 0.407 e. The summed E-state index contributed by atoms with van der Waals surface area (Å²) in [6.07, 6.45) is 4.24. The van der Waals surface area contributed by atoms with E-state index in [0.29, 0.717) is 36.5 Å². The quantitative estimate of drug-likeness (QED) is 0.0662. The van der Waals surface area contributed by atoms with Gasteiger partial charge in [0.25, 0.3) is 5.91 Å². The summed E-state index contributed by atoms with van der Waals surface area (Å²) in [6, 6.07) is 35.0. The molecule has 5 aromatic carbocycles. The van der Waals surface area contributed by atoms with Crippen LogP contribution < -0.4 is 20.7 Å². The third kappa shape index (κ3) is 9.37. The largest absolute Gasteiger partial charge is 0.457 e. The van der Waals surface area contributed by atoms with Crippen molar-refractivity contribution in [2.45, 2.75) is 69.5 Å². The molecule has 1 fully saturated rings. The minimum atomic E-state index is -0.896. The van der Waals surface area contributed by atoms with Crippen molar-refractivity contribution in [3.63, 3.8) is 0 Å². The molecule has 2 aliphatic heterocycles. The Bertz CT molecular complexity index is 2970. The third-order valence-electron chi connectivity index (χ3n) is 13.0. The van der Waals surface area contributed by atoms with E-state index in [9.17, 15) is 19.2 Å². The number of ether oxygens (including phenoxy) is 3. The molecule has 2 aliphatic rings. The molecule has 4 heterocycles. The maximum Gasteiger partial charge on any atom is 0.407 e. The van der Waals surface area contributed by atoms with E-state index in [-0.39, 0.29) is 23.3 Å². The lowest BCUT2D eigenvalue weighted by Gasteiger charge is -2.35. The van der Waals surface area contributed by atoms with Crippen LogP contribution in [0.2, 0.25) is 0 Å². The minimum Gasteiger partial charge on any atom is -0.457 e. The van der Waals surface area contributed by atoms with Crippen molar-refractivity contribution in [2.75, 3.05) is 27.3 Å². The van der Waals surface area contributed by atoms with Gasteiger partial charge < -0.3 is 45.0 Å². The SMILES string of the molecule is COC(=O)N[C@@H](C(=O)NCCCCc1nc2ccc(-c3ccc4c(c3)Oc3ccc(-c5cnc([C@@H]6CCCN6C(=O)[C@H](NC(=O)OC)c6ccccc6)[nH]5)cc3C4(C)C)cc2[nH]1)c1ccccc1. The zero-order valence-electron chi connectivity index (χ0n) is 38.4. The summed E-state index contributed by atoms with van der Waals surface area (Å²) in [7, 11) is 2.55. The van der Waals surface area contributed by atoms with Crippen molar-refractivity contribution in [1.82, 2.24) is 40.8 Å². The summed E-state index contributed by atoms with van der Waals surface area (Å²) < 4.78 is 16.2. The highest BCUT2D eigenvalue weighted by Crippen LogP contribution is 2.50. The Labute approximate surface area is 394 Å². The number of aryl methyl sites for hydroxylation is 1. The van der Waals surface area contributed by atoms with Gasteiger partial charge in [-0.1, -0.05) is 92.7 Å². The van der Waals surface area contributed by atoms with Gasteiger partial charge in [0.15, 0.2) is 0 Å². The van der Waals surface area contributed by atoms with Crippen molar-refractivity contribution >= 4 is 35.0 Å². The van der Waals surface area contributed by atoms with Crippen LogP contribution in [0.1, 0.15) is 91.6 Å². The fourth-order valence-electron chi connectivity index (χ4n) is 9.30. The Hall–Kier alpha value is -7.94. The number of hydrogen-bond donors (Lipinski definition) is 5. The number of methoxy groups -OCH3 is 2. The standard InChI is InChI=1S/C53H54N8O7/c1-53(2)37-23-20-35(34-21-24-39-40(29-34)57-45(56-39)19-11-12-26-54-49(62)46(59-51(64)66-3)32-14-7-5-8-15-32)30-44(37)68-43-25-22-36(28-38(43)53)41-31-55-48(58-41)42-18-13-27-61(42)50(63)47(60-52(65)67-4)33-16-9-6-10-17-33/h5-10,14-17,20-25,28-31,42,46-47H,11-13,18-19,26-27H2,1-4H3,(H,54,62)(H,55,58)(H,56,57)(H,59,64)(H,60,65)/t42-,46+,47+/m0/s1. The minimum absolute atomic E-state index is 0.219. The van der Waals surface area contributed by atoms with Crippen molar-refractivity contribution in [1.29, 1.82) is 0 Å². The summed E-state index contributed by atoms with van der Waals surface area (Å²) in [4.78, 5) is 69.7. The molecule has 0 unspecified atom stereocenters. The predicted molar refractivity (Wildman–Crippen MR) is 257 cm³/mol. The molecule has 0 radical (unpaired) electrons. The molecule has 3 atom stereocenters. The molecule has 7 aromatic rings. The van der Waals surface area contributed by atoms with Gasteiger partial charge in [0.1, 0.15) is 35.2 Å². The normalized spacial score (nSPS) is 15.6. The van der Waals surface area contributed by atoms with Gasteiger partial charge in [-0.3, -0.25) is 9.59 Å². The molecular weight excluding hydrogens is 861 g/mol. The molecule has 0 spiro atoms. The van der Waals surface area contributed by atoms with Crippen LogP contribution in [0.3, 0.4) is 0 Å².